The number of pyridine rings is 1. The van der Waals surface area contributed by atoms with E-state index >= 15 is 0 Å². The van der Waals surface area contributed by atoms with Gasteiger partial charge in [-0.3, -0.25) is 9.78 Å². The normalized spacial score (nSPS) is 10.3. The van der Waals surface area contributed by atoms with Crippen molar-refractivity contribution in [3.63, 3.8) is 0 Å². The van der Waals surface area contributed by atoms with Crippen molar-refractivity contribution in [2.75, 3.05) is 7.05 Å². The zero-order chi connectivity index (χ0) is 13.8. The number of amides is 1. The van der Waals surface area contributed by atoms with Gasteiger partial charge in [-0.15, -0.1) is 0 Å². The van der Waals surface area contributed by atoms with E-state index in [-0.39, 0.29) is 5.91 Å². The lowest BCUT2D eigenvalue weighted by Gasteiger charge is -2.18. The molecule has 0 aliphatic heterocycles. The molecule has 0 spiro atoms. The summed E-state index contributed by atoms with van der Waals surface area (Å²) in [6.07, 6.45) is 3.50. The van der Waals surface area contributed by atoms with Crippen molar-refractivity contribution in [2.45, 2.75) is 13.5 Å². The van der Waals surface area contributed by atoms with Crippen LogP contribution >= 0.6 is 15.9 Å². The molecule has 0 atom stereocenters. The number of aromatic nitrogens is 1. The summed E-state index contributed by atoms with van der Waals surface area (Å²) in [5.74, 6) is -0.000530. The molecule has 2 aromatic rings. The fraction of sp³-hybridized carbons (Fsp3) is 0.200. The first kappa shape index (κ1) is 13.7. The second-order valence-electron chi connectivity index (χ2n) is 4.46. The molecule has 2 rings (SSSR count). The van der Waals surface area contributed by atoms with Gasteiger partial charge in [0.25, 0.3) is 5.91 Å². The molecule has 0 aliphatic rings. The summed E-state index contributed by atoms with van der Waals surface area (Å²) in [4.78, 5) is 18.1. The average molecular weight is 319 g/mol. The van der Waals surface area contributed by atoms with Gasteiger partial charge in [-0.05, 0) is 46.1 Å². The average Bonchev–Trinajstić information content (AvgIpc) is 2.42. The second-order valence-corrected chi connectivity index (χ2v) is 5.25. The lowest BCUT2D eigenvalue weighted by molar-refractivity contribution is 0.0784. The molecular formula is C15H15BrN2O. The van der Waals surface area contributed by atoms with Gasteiger partial charge < -0.3 is 4.90 Å². The maximum Gasteiger partial charge on any atom is 0.255 e. The van der Waals surface area contributed by atoms with Gasteiger partial charge in [-0.25, -0.2) is 0 Å². The third kappa shape index (κ3) is 3.20. The number of benzene rings is 1. The van der Waals surface area contributed by atoms with Crippen molar-refractivity contribution in [3.05, 3.63) is 63.9 Å². The highest BCUT2D eigenvalue weighted by Gasteiger charge is 2.15. The van der Waals surface area contributed by atoms with Crippen LogP contribution < -0.4 is 0 Å². The van der Waals surface area contributed by atoms with E-state index in [1.54, 1.807) is 24.3 Å². The lowest BCUT2D eigenvalue weighted by atomic mass is 10.1. The minimum Gasteiger partial charge on any atom is -0.337 e. The van der Waals surface area contributed by atoms with E-state index in [2.05, 4.69) is 20.9 Å². The molecule has 0 saturated carbocycles. The summed E-state index contributed by atoms with van der Waals surface area (Å²) in [6, 6.07) is 9.53. The molecule has 98 valence electrons. The molecule has 19 heavy (non-hydrogen) atoms. The van der Waals surface area contributed by atoms with Gasteiger partial charge in [0.05, 0.1) is 5.56 Å². The number of nitrogens with zero attached hydrogens (tertiary/aromatic N) is 2. The molecule has 3 nitrogen and oxygen atoms in total. The maximum absolute atomic E-state index is 12.4. The molecule has 1 aromatic carbocycles. The lowest BCUT2D eigenvalue weighted by Crippen LogP contribution is -2.26. The van der Waals surface area contributed by atoms with Gasteiger partial charge in [0, 0.05) is 30.5 Å². The number of aryl methyl sites for hydroxylation is 1. The Labute approximate surface area is 121 Å². The Kier molecular flexibility index (Phi) is 4.32. The summed E-state index contributed by atoms with van der Waals surface area (Å²) in [7, 11) is 1.80. The summed E-state index contributed by atoms with van der Waals surface area (Å²) in [6.45, 7) is 2.52. The topological polar surface area (TPSA) is 33.2 Å². The molecule has 4 heteroatoms. The Morgan fingerprint density at radius 3 is 2.79 bits per heavy atom. The van der Waals surface area contributed by atoms with Crippen LogP contribution in [0.15, 0.2) is 47.2 Å². The Hall–Kier alpha value is -1.68. The molecule has 0 bridgehead atoms. The van der Waals surface area contributed by atoms with E-state index < -0.39 is 0 Å². The van der Waals surface area contributed by atoms with Gasteiger partial charge in [0.1, 0.15) is 0 Å². The summed E-state index contributed by atoms with van der Waals surface area (Å²) >= 11 is 3.47. The summed E-state index contributed by atoms with van der Waals surface area (Å²) < 4.78 is 0.859. The zero-order valence-electron chi connectivity index (χ0n) is 10.9. The summed E-state index contributed by atoms with van der Waals surface area (Å²) in [5.41, 5.74) is 2.76. The molecule has 0 aliphatic carbocycles. The Morgan fingerprint density at radius 2 is 2.11 bits per heavy atom. The van der Waals surface area contributed by atoms with Crippen LogP contribution in [0.2, 0.25) is 0 Å². The highest BCUT2D eigenvalue weighted by molar-refractivity contribution is 9.10. The molecule has 0 radical (unpaired) electrons. The van der Waals surface area contributed by atoms with E-state index in [9.17, 15) is 4.79 Å². The third-order valence-electron chi connectivity index (χ3n) is 2.91. The molecule has 0 unspecified atom stereocenters. The van der Waals surface area contributed by atoms with Crippen molar-refractivity contribution < 1.29 is 4.79 Å². The number of hydrogen-bond acceptors (Lipinski definition) is 2. The standard InChI is InChI=1S/C15H15BrN2O/c1-11-5-3-7-13(14(11)16)15(19)18(2)10-12-6-4-8-17-9-12/h3-9H,10H2,1-2H3. The smallest absolute Gasteiger partial charge is 0.255 e. The van der Waals surface area contributed by atoms with Gasteiger partial charge in [0.2, 0.25) is 0 Å². The van der Waals surface area contributed by atoms with E-state index in [4.69, 9.17) is 0 Å². The number of hydrogen-bond donors (Lipinski definition) is 0. The highest BCUT2D eigenvalue weighted by Crippen LogP contribution is 2.22. The molecule has 0 fully saturated rings. The predicted octanol–water partition coefficient (Wildman–Crippen LogP) is 3.42. The highest BCUT2D eigenvalue weighted by atomic mass is 79.9. The van der Waals surface area contributed by atoms with Crippen molar-refractivity contribution in [3.8, 4) is 0 Å². The zero-order valence-corrected chi connectivity index (χ0v) is 12.5. The van der Waals surface area contributed by atoms with Crippen molar-refractivity contribution >= 4 is 21.8 Å². The van der Waals surface area contributed by atoms with Crippen LogP contribution in [0.3, 0.4) is 0 Å². The van der Waals surface area contributed by atoms with Crippen LogP contribution in [-0.2, 0) is 6.54 Å². The van der Waals surface area contributed by atoms with Crippen molar-refractivity contribution in [1.29, 1.82) is 0 Å². The second kappa shape index (κ2) is 5.97. The number of halogens is 1. The molecule has 1 aromatic heterocycles. The van der Waals surface area contributed by atoms with Crippen molar-refractivity contribution in [2.24, 2.45) is 0 Å². The molecule has 1 heterocycles. The Morgan fingerprint density at radius 1 is 1.32 bits per heavy atom. The van der Waals surface area contributed by atoms with E-state index in [0.29, 0.717) is 12.1 Å². The predicted molar refractivity (Wildman–Crippen MR) is 78.9 cm³/mol. The monoisotopic (exact) mass is 318 g/mol. The van der Waals surface area contributed by atoms with Gasteiger partial charge in [-0.1, -0.05) is 18.2 Å². The van der Waals surface area contributed by atoms with Crippen LogP contribution in [-0.4, -0.2) is 22.8 Å². The molecule has 0 N–H and O–H groups in total. The fourth-order valence-electron chi connectivity index (χ4n) is 1.86. The number of carbonyl (C=O) groups is 1. The quantitative estimate of drug-likeness (QED) is 0.868. The van der Waals surface area contributed by atoms with Crippen LogP contribution in [0.1, 0.15) is 21.5 Å². The van der Waals surface area contributed by atoms with Crippen LogP contribution in [0, 0.1) is 6.92 Å². The SMILES string of the molecule is Cc1cccc(C(=O)N(C)Cc2cccnc2)c1Br. The Bertz CT molecular complexity index is 584. The van der Waals surface area contributed by atoms with Gasteiger partial charge in [0.15, 0.2) is 0 Å². The summed E-state index contributed by atoms with van der Waals surface area (Å²) in [5, 5.41) is 0. The van der Waals surface area contributed by atoms with Gasteiger partial charge in [-0.2, -0.15) is 0 Å². The first-order valence-electron chi connectivity index (χ1n) is 5.99. The first-order valence-corrected chi connectivity index (χ1v) is 6.78. The molecular weight excluding hydrogens is 304 g/mol. The van der Waals surface area contributed by atoms with Gasteiger partial charge >= 0.3 is 0 Å². The van der Waals surface area contributed by atoms with E-state index in [1.807, 2.05) is 37.3 Å². The minimum absolute atomic E-state index is 0.000530. The van der Waals surface area contributed by atoms with E-state index in [0.717, 1.165) is 15.6 Å². The molecule has 0 saturated heterocycles. The first-order chi connectivity index (χ1) is 9.09. The number of carbonyl (C=O) groups excluding carboxylic acids is 1. The largest absolute Gasteiger partial charge is 0.337 e. The molecule has 1 amide bonds. The van der Waals surface area contributed by atoms with Crippen LogP contribution in [0.25, 0.3) is 0 Å². The van der Waals surface area contributed by atoms with E-state index in [1.165, 1.54) is 0 Å². The third-order valence-corrected chi connectivity index (χ3v) is 3.96. The van der Waals surface area contributed by atoms with Crippen molar-refractivity contribution in [1.82, 2.24) is 9.88 Å². The maximum atomic E-state index is 12.4. The van der Waals surface area contributed by atoms with Crippen LogP contribution in [0.5, 0.6) is 0 Å². The number of rotatable bonds is 3. The fourth-order valence-corrected chi connectivity index (χ4v) is 2.29. The van der Waals surface area contributed by atoms with Crippen LogP contribution in [0.4, 0.5) is 0 Å². The Balaban J connectivity index is 2.18. The minimum atomic E-state index is -0.000530.